The van der Waals surface area contributed by atoms with E-state index in [1.165, 1.54) is 6.42 Å². The van der Waals surface area contributed by atoms with E-state index < -0.39 is 6.10 Å². The number of methoxy groups -OCH3 is 1. The molecule has 1 unspecified atom stereocenters. The molecule has 1 atom stereocenters. The van der Waals surface area contributed by atoms with Crippen molar-refractivity contribution in [3.05, 3.63) is 29.8 Å². The molecule has 0 bridgehead atoms. The van der Waals surface area contributed by atoms with Crippen molar-refractivity contribution in [1.82, 2.24) is 10.2 Å². The highest BCUT2D eigenvalue weighted by Crippen LogP contribution is 2.16. The molecule has 0 spiro atoms. The number of likely N-dealkylation sites (N-methyl/N-ethyl adjacent to an activating group) is 1. The van der Waals surface area contributed by atoms with Crippen molar-refractivity contribution in [2.24, 2.45) is 0 Å². The fourth-order valence-corrected chi connectivity index (χ4v) is 2.16. The van der Waals surface area contributed by atoms with Crippen molar-refractivity contribution in [2.45, 2.75) is 26.4 Å². The van der Waals surface area contributed by atoms with Crippen LogP contribution in [0.3, 0.4) is 0 Å². The largest absolute Gasteiger partial charge is 0.497 e. The molecule has 20 heavy (non-hydrogen) atoms. The normalized spacial score (nSPS) is 12.7. The molecular formula is C16H28N2O2. The first kappa shape index (κ1) is 17.0. The van der Waals surface area contributed by atoms with Gasteiger partial charge in [-0.15, -0.1) is 0 Å². The number of aliphatic hydroxyl groups is 1. The van der Waals surface area contributed by atoms with Crippen LogP contribution in [0.2, 0.25) is 0 Å². The molecular weight excluding hydrogens is 252 g/mol. The molecule has 0 radical (unpaired) electrons. The first-order chi connectivity index (χ1) is 9.71. The van der Waals surface area contributed by atoms with Gasteiger partial charge in [-0.2, -0.15) is 0 Å². The summed E-state index contributed by atoms with van der Waals surface area (Å²) in [5, 5.41) is 13.4. The highest BCUT2D eigenvalue weighted by atomic mass is 16.5. The van der Waals surface area contributed by atoms with E-state index in [4.69, 9.17) is 4.74 Å². The Labute approximate surface area is 122 Å². The molecule has 0 heterocycles. The Bertz CT molecular complexity index is 354. The van der Waals surface area contributed by atoms with Crippen molar-refractivity contribution in [1.29, 1.82) is 0 Å². The maximum Gasteiger partial charge on any atom is 0.118 e. The SMILES string of the molecule is CCCN(CC)CCNCC(O)c1ccc(OC)cc1. The van der Waals surface area contributed by atoms with Crippen LogP contribution in [0.15, 0.2) is 24.3 Å². The van der Waals surface area contributed by atoms with Crippen molar-refractivity contribution < 1.29 is 9.84 Å². The first-order valence-corrected chi connectivity index (χ1v) is 7.46. The summed E-state index contributed by atoms with van der Waals surface area (Å²) in [6.07, 6.45) is 0.713. The van der Waals surface area contributed by atoms with Gasteiger partial charge in [0.15, 0.2) is 0 Å². The quantitative estimate of drug-likeness (QED) is 0.644. The van der Waals surface area contributed by atoms with Crippen LogP contribution in [0, 0.1) is 0 Å². The highest BCUT2D eigenvalue weighted by molar-refractivity contribution is 5.28. The van der Waals surface area contributed by atoms with Gasteiger partial charge in [0.25, 0.3) is 0 Å². The molecule has 1 aromatic rings. The minimum absolute atomic E-state index is 0.470. The smallest absolute Gasteiger partial charge is 0.118 e. The van der Waals surface area contributed by atoms with E-state index in [0.29, 0.717) is 6.54 Å². The van der Waals surface area contributed by atoms with Gasteiger partial charge in [0.2, 0.25) is 0 Å². The lowest BCUT2D eigenvalue weighted by atomic mass is 10.1. The minimum atomic E-state index is -0.470. The van der Waals surface area contributed by atoms with Crippen LogP contribution < -0.4 is 10.1 Å². The van der Waals surface area contributed by atoms with Crippen LogP contribution in [0.4, 0.5) is 0 Å². The van der Waals surface area contributed by atoms with E-state index in [0.717, 1.165) is 37.5 Å². The lowest BCUT2D eigenvalue weighted by Crippen LogP contribution is -2.34. The molecule has 0 aromatic heterocycles. The number of hydrogen-bond donors (Lipinski definition) is 2. The number of hydrogen-bond acceptors (Lipinski definition) is 4. The zero-order valence-corrected chi connectivity index (χ0v) is 12.9. The molecule has 1 rings (SSSR count). The fourth-order valence-electron chi connectivity index (χ4n) is 2.16. The molecule has 4 heteroatoms. The summed E-state index contributed by atoms with van der Waals surface area (Å²) in [5.41, 5.74) is 0.916. The highest BCUT2D eigenvalue weighted by Gasteiger charge is 2.07. The summed E-state index contributed by atoms with van der Waals surface area (Å²) in [6.45, 7) is 9.11. The molecule has 114 valence electrons. The fraction of sp³-hybridized carbons (Fsp3) is 0.625. The summed E-state index contributed by atoms with van der Waals surface area (Å²) in [4.78, 5) is 2.41. The van der Waals surface area contributed by atoms with Crippen LogP contribution in [0.5, 0.6) is 5.75 Å². The first-order valence-electron chi connectivity index (χ1n) is 7.46. The van der Waals surface area contributed by atoms with Gasteiger partial charge in [-0.25, -0.2) is 0 Å². The van der Waals surface area contributed by atoms with Crippen LogP contribution in [0.25, 0.3) is 0 Å². The topological polar surface area (TPSA) is 44.7 Å². The van der Waals surface area contributed by atoms with Crippen molar-refractivity contribution in [3.8, 4) is 5.75 Å². The predicted octanol–water partition coefficient (Wildman–Crippen LogP) is 2.05. The van der Waals surface area contributed by atoms with E-state index in [1.807, 2.05) is 24.3 Å². The maximum atomic E-state index is 10.1. The number of benzene rings is 1. The van der Waals surface area contributed by atoms with Crippen molar-refractivity contribution in [3.63, 3.8) is 0 Å². The molecule has 2 N–H and O–H groups in total. The zero-order chi connectivity index (χ0) is 14.8. The average molecular weight is 280 g/mol. The molecule has 1 aromatic carbocycles. The Morgan fingerprint density at radius 2 is 1.90 bits per heavy atom. The Hall–Kier alpha value is -1.10. The molecule has 0 saturated heterocycles. The number of ether oxygens (including phenoxy) is 1. The molecule has 4 nitrogen and oxygen atoms in total. The number of rotatable bonds is 10. The monoisotopic (exact) mass is 280 g/mol. The second-order valence-electron chi connectivity index (χ2n) is 4.93. The summed E-state index contributed by atoms with van der Waals surface area (Å²) < 4.78 is 5.11. The van der Waals surface area contributed by atoms with Crippen LogP contribution in [-0.4, -0.2) is 49.8 Å². The van der Waals surface area contributed by atoms with Gasteiger partial charge in [-0.05, 0) is 37.2 Å². The predicted molar refractivity (Wildman–Crippen MR) is 83.2 cm³/mol. The molecule has 0 aliphatic carbocycles. The molecule has 0 aliphatic rings. The van der Waals surface area contributed by atoms with Gasteiger partial charge < -0.3 is 20.1 Å². The van der Waals surface area contributed by atoms with Crippen molar-refractivity contribution in [2.75, 3.05) is 39.8 Å². The number of aliphatic hydroxyl groups excluding tert-OH is 1. The van der Waals surface area contributed by atoms with E-state index in [2.05, 4.69) is 24.1 Å². The van der Waals surface area contributed by atoms with Crippen LogP contribution in [-0.2, 0) is 0 Å². The Kier molecular flexibility index (Phi) is 8.26. The minimum Gasteiger partial charge on any atom is -0.497 e. The molecule has 0 saturated carbocycles. The summed E-state index contributed by atoms with van der Waals surface area (Å²) in [6, 6.07) is 7.55. The van der Waals surface area contributed by atoms with Crippen LogP contribution in [0.1, 0.15) is 31.9 Å². The van der Waals surface area contributed by atoms with Crippen molar-refractivity contribution >= 4 is 0 Å². The Morgan fingerprint density at radius 1 is 1.20 bits per heavy atom. The van der Waals surface area contributed by atoms with Gasteiger partial charge in [0.05, 0.1) is 13.2 Å². The summed E-state index contributed by atoms with van der Waals surface area (Å²) >= 11 is 0. The average Bonchev–Trinajstić information content (AvgIpc) is 2.50. The van der Waals surface area contributed by atoms with E-state index in [-0.39, 0.29) is 0 Å². The van der Waals surface area contributed by atoms with Gasteiger partial charge in [0, 0.05) is 19.6 Å². The van der Waals surface area contributed by atoms with E-state index >= 15 is 0 Å². The van der Waals surface area contributed by atoms with Gasteiger partial charge >= 0.3 is 0 Å². The second kappa shape index (κ2) is 9.75. The molecule has 0 aliphatic heterocycles. The van der Waals surface area contributed by atoms with Gasteiger partial charge in [0.1, 0.15) is 5.75 Å². The molecule has 0 amide bonds. The standard InChI is InChI=1S/C16H28N2O2/c1-4-11-18(5-2)12-10-17-13-16(19)14-6-8-15(20-3)9-7-14/h6-9,16-17,19H,4-5,10-13H2,1-3H3. The molecule has 0 fully saturated rings. The maximum absolute atomic E-state index is 10.1. The third kappa shape index (κ3) is 5.90. The second-order valence-corrected chi connectivity index (χ2v) is 4.93. The lowest BCUT2D eigenvalue weighted by molar-refractivity contribution is 0.172. The lowest BCUT2D eigenvalue weighted by Gasteiger charge is -2.20. The van der Waals surface area contributed by atoms with Gasteiger partial charge in [-0.1, -0.05) is 26.0 Å². The third-order valence-corrected chi connectivity index (χ3v) is 3.43. The summed E-state index contributed by atoms with van der Waals surface area (Å²) in [5.74, 6) is 0.812. The summed E-state index contributed by atoms with van der Waals surface area (Å²) in [7, 11) is 1.64. The Morgan fingerprint density at radius 3 is 2.45 bits per heavy atom. The van der Waals surface area contributed by atoms with E-state index in [9.17, 15) is 5.11 Å². The van der Waals surface area contributed by atoms with Gasteiger partial charge in [-0.3, -0.25) is 0 Å². The number of nitrogens with one attached hydrogen (secondary N) is 1. The number of nitrogens with zero attached hydrogens (tertiary/aromatic N) is 1. The third-order valence-electron chi connectivity index (χ3n) is 3.43. The zero-order valence-electron chi connectivity index (χ0n) is 12.9. The van der Waals surface area contributed by atoms with Crippen LogP contribution >= 0.6 is 0 Å². The Balaban J connectivity index is 2.26. The van der Waals surface area contributed by atoms with E-state index in [1.54, 1.807) is 7.11 Å².